The number of rotatable bonds is 4. The van der Waals surface area contributed by atoms with E-state index in [1.54, 1.807) is 17.7 Å². The van der Waals surface area contributed by atoms with Gasteiger partial charge in [0.25, 0.3) is 0 Å². The molecule has 144 valence electrons. The molecule has 2 aliphatic rings. The lowest BCUT2D eigenvalue weighted by atomic mass is 10.00. The van der Waals surface area contributed by atoms with Crippen LogP contribution < -0.4 is 4.90 Å². The van der Waals surface area contributed by atoms with E-state index in [-0.39, 0.29) is 5.91 Å². The first-order valence-electron chi connectivity index (χ1n) is 9.62. The number of nitrogens with zero attached hydrogens (tertiary/aromatic N) is 5. The molecule has 8 heteroatoms. The highest BCUT2D eigenvalue weighted by Gasteiger charge is 2.22. The molecule has 0 spiro atoms. The molecule has 28 heavy (non-hydrogen) atoms. The van der Waals surface area contributed by atoms with E-state index in [9.17, 15) is 4.79 Å². The van der Waals surface area contributed by atoms with E-state index in [0.717, 1.165) is 46.6 Å². The second-order valence-corrected chi connectivity index (χ2v) is 9.09. The van der Waals surface area contributed by atoms with E-state index >= 15 is 0 Å². The second-order valence-electron chi connectivity index (χ2n) is 7.14. The highest BCUT2D eigenvalue weighted by molar-refractivity contribution is 8.00. The maximum absolute atomic E-state index is 12.8. The second kappa shape index (κ2) is 7.67. The van der Waals surface area contributed by atoms with Crippen molar-refractivity contribution in [2.24, 2.45) is 0 Å². The average molecular weight is 412 g/mol. The molecule has 3 aromatic rings. The topological polar surface area (TPSA) is 62.2 Å². The van der Waals surface area contributed by atoms with E-state index < -0.39 is 0 Å². The van der Waals surface area contributed by atoms with Crippen molar-refractivity contribution in [1.82, 2.24) is 19.9 Å². The Labute approximate surface area is 172 Å². The van der Waals surface area contributed by atoms with Gasteiger partial charge in [-0.2, -0.15) is 4.98 Å². The molecule has 1 saturated heterocycles. The Morgan fingerprint density at radius 3 is 2.79 bits per heavy atom. The van der Waals surface area contributed by atoms with Crippen LogP contribution in [-0.2, 0) is 17.8 Å². The van der Waals surface area contributed by atoms with Crippen LogP contribution in [-0.4, -0.2) is 51.1 Å². The Hall–Kier alpha value is -2.19. The largest absolute Gasteiger partial charge is 0.348 e. The van der Waals surface area contributed by atoms with E-state index in [1.807, 2.05) is 11.0 Å². The zero-order valence-electron chi connectivity index (χ0n) is 15.5. The highest BCUT2D eigenvalue weighted by Crippen LogP contribution is 2.35. The first-order chi connectivity index (χ1) is 13.8. The Balaban J connectivity index is 1.29. The third-order valence-corrected chi connectivity index (χ3v) is 7.56. The van der Waals surface area contributed by atoms with Crippen molar-refractivity contribution in [3.05, 3.63) is 41.7 Å². The van der Waals surface area contributed by atoms with Crippen LogP contribution in [0.2, 0.25) is 0 Å². The van der Waals surface area contributed by atoms with Crippen molar-refractivity contribution in [2.45, 2.75) is 30.8 Å². The molecule has 0 unspecified atom stereocenters. The molecule has 0 radical (unpaired) electrons. The van der Waals surface area contributed by atoms with Crippen molar-refractivity contribution in [1.29, 1.82) is 0 Å². The van der Waals surface area contributed by atoms with Gasteiger partial charge in [0.05, 0.1) is 5.75 Å². The van der Waals surface area contributed by atoms with Gasteiger partial charge in [-0.05, 0) is 30.4 Å². The summed E-state index contributed by atoms with van der Waals surface area (Å²) in [5.74, 6) is 0.557. The molecule has 1 fully saturated rings. The van der Waals surface area contributed by atoms with Gasteiger partial charge in [0, 0.05) is 26.2 Å². The minimum Gasteiger partial charge on any atom is -0.348 e. The molecule has 0 N–H and O–H groups in total. The number of anilines is 1. The zero-order valence-corrected chi connectivity index (χ0v) is 17.1. The molecule has 0 bridgehead atoms. The monoisotopic (exact) mass is 411 g/mol. The van der Waals surface area contributed by atoms with Crippen LogP contribution in [0.3, 0.4) is 0 Å². The molecule has 0 aliphatic carbocycles. The first-order valence-corrected chi connectivity index (χ1v) is 11.4. The summed E-state index contributed by atoms with van der Waals surface area (Å²) in [6, 6.07) is 8.39. The number of hydrogen-bond acceptors (Lipinski definition) is 7. The van der Waals surface area contributed by atoms with Crippen LogP contribution in [0.15, 0.2) is 35.6 Å². The number of fused-ring (bicyclic) bond motifs is 2. The van der Waals surface area contributed by atoms with E-state index in [4.69, 9.17) is 0 Å². The van der Waals surface area contributed by atoms with Crippen molar-refractivity contribution in [2.75, 3.05) is 30.3 Å². The van der Waals surface area contributed by atoms with E-state index in [2.05, 4.69) is 38.1 Å². The fourth-order valence-electron chi connectivity index (χ4n) is 3.80. The fraction of sp³-hybridized carbons (Fsp3) is 0.400. The molecule has 1 aromatic carbocycles. The minimum absolute atomic E-state index is 0.163. The van der Waals surface area contributed by atoms with Gasteiger partial charge in [0.15, 0.2) is 10.8 Å². The van der Waals surface area contributed by atoms with Gasteiger partial charge < -0.3 is 9.80 Å². The molecule has 2 aromatic heterocycles. The number of hydrogen-bond donors (Lipinski definition) is 0. The summed E-state index contributed by atoms with van der Waals surface area (Å²) in [6.45, 7) is 3.61. The van der Waals surface area contributed by atoms with Crippen LogP contribution in [0.4, 0.5) is 5.13 Å². The Morgan fingerprint density at radius 2 is 1.93 bits per heavy atom. The summed E-state index contributed by atoms with van der Waals surface area (Å²) in [5.41, 5.74) is 3.36. The number of carbonyl (C=O) groups excluding carboxylic acids is 1. The SMILES string of the molecule is O=C(CSc1ncnc2nc(N3CCCC3)sc12)N1CCc2ccccc2C1. The Morgan fingerprint density at radius 1 is 1.11 bits per heavy atom. The van der Waals surface area contributed by atoms with E-state index in [1.165, 1.54) is 35.7 Å². The predicted molar refractivity (Wildman–Crippen MR) is 113 cm³/mol. The summed E-state index contributed by atoms with van der Waals surface area (Å²) in [4.78, 5) is 30.5. The molecule has 0 saturated carbocycles. The normalized spacial score (nSPS) is 16.6. The molecule has 6 nitrogen and oxygen atoms in total. The quantitative estimate of drug-likeness (QED) is 0.485. The number of thiazole rings is 1. The lowest BCUT2D eigenvalue weighted by Crippen LogP contribution is -2.37. The lowest BCUT2D eigenvalue weighted by molar-refractivity contribution is -0.129. The summed E-state index contributed by atoms with van der Waals surface area (Å²) in [5, 5.41) is 1.88. The number of thioether (sulfide) groups is 1. The van der Waals surface area contributed by atoms with Gasteiger partial charge in [-0.3, -0.25) is 4.79 Å². The van der Waals surface area contributed by atoms with Crippen LogP contribution in [0.5, 0.6) is 0 Å². The molecule has 1 amide bonds. The van der Waals surface area contributed by atoms with Gasteiger partial charge in [-0.25, -0.2) is 9.97 Å². The van der Waals surface area contributed by atoms with Crippen LogP contribution in [0.25, 0.3) is 10.3 Å². The smallest absolute Gasteiger partial charge is 0.233 e. The molecule has 4 heterocycles. The number of aromatic nitrogens is 3. The van der Waals surface area contributed by atoms with Crippen molar-refractivity contribution in [3.8, 4) is 0 Å². The van der Waals surface area contributed by atoms with Gasteiger partial charge in [-0.1, -0.05) is 47.4 Å². The Kier molecular flexibility index (Phi) is 4.90. The van der Waals surface area contributed by atoms with Crippen molar-refractivity contribution < 1.29 is 4.79 Å². The first kappa shape index (κ1) is 17.9. The van der Waals surface area contributed by atoms with E-state index in [0.29, 0.717) is 12.3 Å². The maximum atomic E-state index is 12.8. The van der Waals surface area contributed by atoms with Gasteiger partial charge in [0.1, 0.15) is 16.1 Å². The summed E-state index contributed by atoms with van der Waals surface area (Å²) < 4.78 is 0.992. The van der Waals surface area contributed by atoms with Gasteiger partial charge in [0.2, 0.25) is 5.91 Å². The van der Waals surface area contributed by atoms with Gasteiger partial charge >= 0.3 is 0 Å². The summed E-state index contributed by atoms with van der Waals surface area (Å²) >= 11 is 3.14. The predicted octanol–water partition coefficient (Wildman–Crippen LogP) is 3.36. The van der Waals surface area contributed by atoms with Crippen LogP contribution in [0, 0.1) is 0 Å². The van der Waals surface area contributed by atoms with Crippen LogP contribution in [0.1, 0.15) is 24.0 Å². The number of amides is 1. The standard InChI is InChI=1S/C20H21N5OS2/c26-16(25-10-7-14-5-1-2-6-15(14)11-25)12-27-19-17-18(21-13-22-19)23-20(28-17)24-8-3-4-9-24/h1-2,5-6,13H,3-4,7-12H2. The third-order valence-electron chi connectivity index (χ3n) is 5.34. The summed E-state index contributed by atoms with van der Waals surface area (Å²) in [6.07, 6.45) is 4.92. The summed E-state index contributed by atoms with van der Waals surface area (Å²) in [7, 11) is 0. The zero-order chi connectivity index (χ0) is 18.9. The maximum Gasteiger partial charge on any atom is 0.233 e. The molecule has 0 atom stereocenters. The highest BCUT2D eigenvalue weighted by atomic mass is 32.2. The average Bonchev–Trinajstić information content (AvgIpc) is 3.41. The Bertz CT molecular complexity index is 1010. The number of benzene rings is 1. The number of carbonyl (C=O) groups is 1. The molecule has 5 rings (SSSR count). The van der Waals surface area contributed by atoms with Crippen LogP contribution >= 0.6 is 23.1 Å². The lowest BCUT2D eigenvalue weighted by Gasteiger charge is -2.28. The van der Waals surface area contributed by atoms with Gasteiger partial charge in [-0.15, -0.1) is 0 Å². The minimum atomic E-state index is 0.163. The van der Waals surface area contributed by atoms with Crippen molar-refractivity contribution in [3.63, 3.8) is 0 Å². The van der Waals surface area contributed by atoms with Crippen molar-refractivity contribution >= 4 is 44.5 Å². The third kappa shape index (κ3) is 3.46. The fourth-order valence-corrected chi connectivity index (χ4v) is 5.84. The molecule has 2 aliphatic heterocycles. The molecular formula is C20H21N5OS2. The molecular weight excluding hydrogens is 390 g/mol.